The van der Waals surface area contributed by atoms with Gasteiger partial charge in [-0.15, -0.1) is 0 Å². The number of anilines is 1. The van der Waals surface area contributed by atoms with E-state index in [1.54, 1.807) is 24.4 Å². The number of hydrazone groups is 1. The number of carbonyl (C=O) groups is 1. The molecule has 0 atom stereocenters. The van der Waals surface area contributed by atoms with Gasteiger partial charge in [-0.05, 0) is 42.5 Å². The van der Waals surface area contributed by atoms with Gasteiger partial charge in [-0.1, -0.05) is 36.4 Å². The van der Waals surface area contributed by atoms with Gasteiger partial charge in [0.2, 0.25) is 0 Å². The number of nitrogens with one attached hydrogen (secondary N) is 3. The van der Waals surface area contributed by atoms with Gasteiger partial charge in [0.25, 0.3) is 15.9 Å². The third-order valence-corrected chi connectivity index (χ3v) is 5.84. The first kappa shape index (κ1) is 19.4. The largest absolute Gasteiger partial charge is 0.361 e. The summed E-state index contributed by atoms with van der Waals surface area (Å²) in [7, 11) is -3.68. The number of rotatable bonds is 6. The van der Waals surface area contributed by atoms with Gasteiger partial charge in [-0.25, -0.2) is 13.8 Å². The zero-order valence-electron chi connectivity index (χ0n) is 15.7. The molecule has 7 nitrogen and oxygen atoms in total. The van der Waals surface area contributed by atoms with Gasteiger partial charge in [0.05, 0.1) is 11.1 Å². The van der Waals surface area contributed by atoms with Crippen LogP contribution in [0.3, 0.4) is 0 Å². The molecule has 3 N–H and O–H groups in total. The Hall–Kier alpha value is -3.91. The van der Waals surface area contributed by atoms with Crippen molar-refractivity contribution in [3.63, 3.8) is 0 Å². The Morgan fingerprint density at radius 3 is 2.37 bits per heavy atom. The van der Waals surface area contributed by atoms with Crippen molar-refractivity contribution >= 4 is 38.7 Å². The maximum atomic E-state index is 12.4. The Bertz CT molecular complexity index is 1310. The molecule has 1 amide bonds. The summed E-state index contributed by atoms with van der Waals surface area (Å²) in [6.45, 7) is 0. The molecule has 150 valence electrons. The predicted molar refractivity (Wildman–Crippen MR) is 117 cm³/mol. The number of H-pyrrole nitrogens is 1. The van der Waals surface area contributed by atoms with Gasteiger partial charge in [-0.2, -0.15) is 5.10 Å². The van der Waals surface area contributed by atoms with Crippen LogP contribution in [-0.2, 0) is 10.0 Å². The Labute approximate surface area is 173 Å². The quantitative estimate of drug-likeness (QED) is 0.328. The topological polar surface area (TPSA) is 103 Å². The van der Waals surface area contributed by atoms with Crippen molar-refractivity contribution in [2.24, 2.45) is 5.10 Å². The molecule has 0 saturated heterocycles. The number of hydrogen-bond donors (Lipinski definition) is 3. The molecule has 3 aromatic carbocycles. The van der Waals surface area contributed by atoms with E-state index in [1.165, 1.54) is 36.4 Å². The van der Waals surface area contributed by atoms with Gasteiger partial charge < -0.3 is 4.98 Å². The van der Waals surface area contributed by atoms with E-state index in [-0.39, 0.29) is 4.90 Å². The van der Waals surface area contributed by atoms with Crippen LogP contribution in [0.4, 0.5) is 5.69 Å². The predicted octanol–water partition coefficient (Wildman–Crippen LogP) is 3.73. The summed E-state index contributed by atoms with van der Waals surface area (Å²) in [5, 5.41) is 5.01. The number of aromatic nitrogens is 1. The first-order valence-corrected chi connectivity index (χ1v) is 10.6. The molecule has 4 rings (SSSR count). The second kappa shape index (κ2) is 8.22. The minimum Gasteiger partial charge on any atom is -0.361 e. The second-order valence-electron chi connectivity index (χ2n) is 6.48. The average Bonchev–Trinajstić information content (AvgIpc) is 3.18. The highest BCUT2D eigenvalue weighted by molar-refractivity contribution is 7.92. The molecule has 0 aliphatic heterocycles. The molecule has 0 bridgehead atoms. The normalized spacial score (nSPS) is 11.6. The molecule has 0 aliphatic rings. The van der Waals surface area contributed by atoms with E-state index in [9.17, 15) is 13.2 Å². The lowest BCUT2D eigenvalue weighted by Crippen LogP contribution is -2.18. The smallest absolute Gasteiger partial charge is 0.271 e. The first-order chi connectivity index (χ1) is 14.5. The van der Waals surface area contributed by atoms with Crippen LogP contribution in [0.15, 0.2) is 95.1 Å². The van der Waals surface area contributed by atoms with Crippen molar-refractivity contribution in [3.8, 4) is 0 Å². The van der Waals surface area contributed by atoms with E-state index in [2.05, 4.69) is 20.2 Å². The third-order valence-electron chi connectivity index (χ3n) is 4.44. The van der Waals surface area contributed by atoms with Crippen molar-refractivity contribution in [1.82, 2.24) is 10.4 Å². The van der Waals surface area contributed by atoms with E-state index in [4.69, 9.17) is 0 Å². The van der Waals surface area contributed by atoms with Crippen molar-refractivity contribution in [2.45, 2.75) is 4.90 Å². The average molecular weight is 418 g/mol. The van der Waals surface area contributed by atoms with Crippen LogP contribution in [0.25, 0.3) is 10.9 Å². The highest BCUT2D eigenvalue weighted by atomic mass is 32.2. The van der Waals surface area contributed by atoms with Crippen molar-refractivity contribution in [1.29, 1.82) is 0 Å². The van der Waals surface area contributed by atoms with Crippen molar-refractivity contribution < 1.29 is 13.2 Å². The number of carbonyl (C=O) groups excluding carboxylic acids is 1. The number of amides is 1. The fourth-order valence-corrected chi connectivity index (χ4v) is 4.01. The number of hydrogen-bond acceptors (Lipinski definition) is 4. The van der Waals surface area contributed by atoms with Crippen molar-refractivity contribution in [3.05, 3.63) is 96.2 Å². The van der Waals surface area contributed by atoms with Crippen LogP contribution in [-0.4, -0.2) is 25.5 Å². The summed E-state index contributed by atoms with van der Waals surface area (Å²) < 4.78 is 27.2. The monoisotopic (exact) mass is 418 g/mol. The maximum absolute atomic E-state index is 12.4. The molecular weight excluding hydrogens is 400 g/mol. The van der Waals surface area contributed by atoms with E-state index in [1.807, 2.05) is 30.5 Å². The number of nitrogens with zero attached hydrogens (tertiary/aromatic N) is 1. The lowest BCUT2D eigenvalue weighted by atomic mass is 10.2. The highest BCUT2D eigenvalue weighted by Gasteiger charge is 2.13. The molecule has 0 unspecified atom stereocenters. The molecule has 0 fully saturated rings. The van der Waals surface area contributed by atoms with Gasteiger partial charge in [0, 0.05) is 33.9 Å². The molecular formula is C22H18N4O3S. The van der Waals surface area contributed by atoms with Crippen LogP contribution in [0, 0.1) is 0 Å². The number of para-hydroxylation sites is 1. The van der Waals surface area contributed by atoms with Crippen LogP contribution in [0.1, 0.15) is 15.9 Å². The van der Waals surface area contributed by atoms with Crippen molar-refractivity contribution in [2.75, 3.05) is 4.72 Å². The standard InChI is InChI=1S/C22H18N4O3S/c27-22(25-24-15-17-14-23-21-9-5-4-8-20(17)21)16-10-12-18(13-11-16)26-30(28,29)19-6-2-1-3-7-19/h1-15,23,26H,(H,25,27). The summed E-state index contributed by atoms with van der Waals surface area (Å²) in [4.78, 5) is 15.6. The zero-order valence-corrected chi connectivity index (χ0v) is 16.6. The van der Waals surface area contributed by atoms with Gasteiger partial charge in [0.15, 0.2) is 0 Å². The molecule has 30 heavy (non-hydrogen) atoms. The van der Waals surface area contributed by atoms with Crippen LogP contribution >= 0.6 is 0 Å². The fraction of sp³-hybridized carbons (Fsp3) is 0. The SMILES string of the molecule is O=C(NN=Cc1c[nH]c2ccccc12)c1ccc(NS(=O)(=O)c2ccccc2)cc1. The number of sulfonamides is 1. The zero-order chi connectivity index (χ0) is 21.0. The minimum atomic E-state index is -3.68. The maximum Gasteiger partial charge on any atom is 0.271 e. The van der Waals surface area contributed by atoms with E-state index in [0.29, 0.717) is 11.3 Å². The molecule has 1 aromatic heterocycles. The molecule has 8 heteroatoms. The number of benzene rings is 3. The Morgan fingerprint density at radius 1 is 0.900 bits per heavy atom. The van der Waals surface area contributed by atoms with E-state index < -0.39 is 15.9 Å². The molecule has 4 aromatic rings. The minimum absolute atomic E-state index is 0.165. The number of fused-ring (bicyclic) bond motifs is 1. The van der Waals surface area contributed by atoms with Crippen LogP contribution in [0.5, 0.6) is 0 Å². The van der Waals surface area contributed by atoms with E-state index >= 15 is 0 Å². The van der Waals surface area contributed by atoms with Crippen LogP contribution < -0.4 is 10.1 Å². The highest BCUT2D eigenvalue weighted by Crippen LogP contribution is 2.17. The summed E-state index contributed by atoms with van der Waals surface area (Å²) in [5.41, 5.74) is 5.03. The molecule has 0 aliphatic carbocycles. The van der Waals surface area contributed by atoms with Gasteiger partial charge in [0.1, 0.15) is 0 Å². The summed E-state index contributed by atoms with van der Waals surface area (Å²) in [6.07, 6.45) is 3.38. The Balaban J connectivity index is 1.41. The molecule has 0 radical (unpaired) electrons. The van der Waals surface area contributed by atoms with Gasteiger partial charge >= 0.3 is 0 Å². The van der Waals surface area contributed by atoms with Gasteiger partial charge in [-0.3, -0.25) is 9.52 Å². The lowest BCUT2D eigenvalue weighted by Gasteiger charge is -2.08. The molecule has 1 heterocycles. The number of aromatic amines is 1. The summed E-state index contributed by atoms with van der Waals surface area (Å²) in [5.74, 6) is -0.399. The Morgan fingerprint density at radius 2 is 1.60 bits per heavy atom. The van der Waals surface area contributed by atoms with E-state index in [0.717, 1.165) is 16.5 Å². The second-order valence-corrected chi connectivity index (χ2v) is 8.17. The Kier molecular flexibility index (Phi) is 5.32. The summed E-state index contributed by atoms with van der Waals surface area (Å²) >= 11 is 0. The molecule has 0 saturated carbocycles. The van der Waals surface area contributed by atoms with Crippen LogP contribution in [0.2, 0.25) is 0 Å². The summed E-state index contributed by atoms with van der Waals surface area (Å²) in [6, 6.07) is 22.0. The molecule has 0 spiro atoms. The fourth-order valence-electron chi connectivity index (χ4n) is 2.93. The lowest BCUT2D eigenvalue weighted by molar-refractivity contribution is 0.0955. The third kappa shape index (κ3) is 4.23. The first-order valence-electron chi connectivity index (χ1n) is 9.10.